The summed E-state index contributed by atoms with van der Waals surface area (Å²) >= 11 is 2.85. The molecule has 0 saturated heterocycles. The number of alkyl halides is 3. The molecule has 1 amide bonds. The zero-order valence-corrected chi connectivity index (χ0v) is 18.4. The highest BCUT2D eigenvalue weighted by Gasteiger charge is 2.38. The zero-order valence-electron chi connectivity index (χ0n) is 16.8. The second-order valence-electron chi connectivity index (χ2n) is 7.04. The Morgan fingerprint density at radius 2 is 1.79 bits per heavy atom. The van der Waals surface area contributed by atoms with Crippen molar-refractivity contribution in [1.82, 2.24) is 19.4 Å². The van der Waals surface area contributed by atoms with Crippen LogP contribution in [0.3, 0.4) is 0 Å². The van der Waals surface area contributed by atoms with Crippen LogP contribution in [-0.4, -0.2) is 25.3 Å². The molecule has 0 unspecified atom stereocenters. The van der Waals surface area contributed by atoms with Gasteiger partial charge in [-0.1, -0.05) is 12.1 Å². The molecule has 0 aliphatic carbocycles. The van der Waals surface area contributed by atoms with Crippen LogP contribution < -0.4 is 11.0 Å². The van der Waals surface area contributed by atoms with E-state index in [0.29, 0.717) is 11.1 Å². The molecule has 0 radical (unpaired) electrons. The summed E-state index contributed by atoms with van der Waals surface area (Å²) in [6, 6.07) is 11.6. The summed E-state index contributed by atoms with van der Waals surface area (Å²) in [5, 5.41) is 3.67. The van der Waals surface area contributed by atoms with E-state index in [0.717, 1.165) is 9.36 Å². The number of para-hydroxylation sites is 1. The molecule has 2 heterocycles. The van der Waals surface area contributed by atoms with Gasteiger partial charge in [-0.3, -0.25) is 19.7 Å². The van der Waals surface area contributed by atoms with Crippen LogP contribution in [0.15, 0.2) is 57.8 Å². The van der Waals surface area contributed by atoms with Crippen molar-refractivity contribution in [3.63, 3.8) is 0 Å². The highest BCUT2D eigenvalue weighted by molar-refractivity contribution is 9.10. The van der Waals surface area contributed by atoms with Gasteiger partial charge in [0.15, 0.2) is 11.5 Å². The van der Waals surface area contributed by atoms with Gasteiger partial charge in [0.25, 0.3) is 11.5 Å². The van der Waals surface area contributed by atoms with Crippen molar-refractivity contribution < 1.29 is 22.4 Å². The molecule has 0 bridgehead atoms. The van der Waals surface area contributed by atoms with Gasteiger partial charge < -0.3 is 0 Å². The molecule has 0 atom stereocenters. The minimum absolute atomic E-state index is 0.0291. The summed E-state index contributed by atoms with van der Waals surface area (Å²) < 4.78 is 54.2. The van der Waals surface area contributed by atoms with Gasteiger partial charge in [-0.2, -0.15) is 22.9 Å². The lowest BCUT2D eigenvalue weighted by Gasteiger charge is -2.15. The van der Waals surface area contributed by atoms with E-state index in [-0.39, 0.29) is 21.4 Å². The Morgan fingerprint density at radius 1 is 1.12 bits per heavy atom. The fraction of sp³-hybridized carbons (Fsp3) is 0.143. The average molecular weight is 524 g/mol. The Hall–Kier alpha value is -3.54. The minimum atomic E-state index is -4.71. The molecule has 2 aromatic carbocycles. The van der Waals surface area contributed by atoms with Crippen LogP contribution in [0.2, 0.25) is 0 Å². The first-order valence-corrected chi connectivity index (χ1v) is 10.2. The first-order chi connectivity index (χ1) is 15.6. The van der Waals surface area contributed by atoms with Gasteiger partial charge in [-0.15, -0.1) is 0 Å². The Morgan fingerprint density at radius 3 is 2.42 bits per heavy atom. The largest absolute Gasteiger partial charge is 0.436 e. The molecule has 4 rings (SSSR count). The summed E-state index contributed by atoms with van der Waals surface area (Å²) in [6.45, 7) is 0.774. The van der Waals surface area contributed by atoms with E-state index < -0.39 is 35.7 Å². The predicted molar refractivity (Wildman–Crippen MR) is 115 cm³/mol. The third-order valence-corrected chi connectivity index (χ3v) is 5.76. The maximum atomic E-state index is 13.4. The maximum Gasteiger partial charge on any atom is 0.436 e. The van der Waals surface area contributed by atoms with Gasteiger partial charge in [0.2, 0.25) is 0 Å². The Balaban J connectivity index is 1.75. The standard InChI is InChI=1S/C21H14BrF4N5O2/c1-11-17(22)18(21(24,25)26)29-30(11)10-16(32)28-31-19(12-6-8-13(23)9-7-12)27-15-5-3-2-4-14(15)20(31)33/h2-9H,10H2,1H3,(H,28,32). The van der Waals surface area contributed by atoms with Gasteiger partial charge in [0, 0.05) is 5.56 Å². The van der Waals surface area contributed by atoms with Crippen LogP contribution in [0.25, 0.3) is 22.3 Å². The smallest absolute Gasteiger partial charge is 0.271 e. The molecule has 7 nitrogen and oxygen atoms in total. The fourth-order valence-electron chi connectivity index (χ4n) is 3.18. The van der Waals surface area contributed by atoms with E-state index in [1.807, 2.05) is 0 Å². The molecular formula is C21H14BrF4N5O2. The molecule has 2 aromatic heterocycles. The topological polar surface area (TPSA) is 81.8 Å². The molecule has 0 aliphatic rings. The minimum Gasteiger partial charge on any atom is -0.271 e. The maximum absolute atomic E-state index is 13.4. The second-order valence-corrected chi connectivity index (χ2v) is 7.83. The van der Waals surface area contributed by atoms with Crippen LogP contribution in [0.4, 0.5) is 17.6 Å². The normalized spacial score (nSPS) is 11.7. The lowest BCUT2D eigenvalue weighted by molar-refractivity contribution is -0.142. The number of fused-ring (bicyclic) bond motifs is 1. The van der Waals surface area contributed by atoms with Gasteiger partial charge in [-0.05, 0) is 59.3 Å². The fourth-order valence-corrected chi connectivity index (χ4v) is 3.69. The number of hydrogen-bond donors (Lipinski definition) is 1. The number of carbonyl (C=O) groups is 1. The van der Waals surface area contributed by atoms with Crippen molar-refractivity contribution in [1.29, 1.82) is 0 Å². The van der Waals surface area contributed by atoms with Gasteiger partial charge in [-0.25, -0.2) is 9.37 Å². The number of halogens is 5. The van der Waals surface area contributed by atoms with Gasteiger partial charge >= 0.3 is 6.18 Å². The van der Waals surface area contributed by atoms with E-state index in [2.05, 4.69) is 31.4 Å². The number of rotatable bonds is 4. The highest BCUT2D eigenvalue weighted by atomic mass is 79.9. The van der Waals surface area contributed by atoms with Crippen molar-refractivity contribution in [2.24, 2.45) is 0 Å². The lowest BCUT2D eigenvalue weighted by Crippen LogP contribution is -2.37. The second kappa shape index (κ2) is 8.43. The number of carbonyl (C=O) groups excluding carboxylic acids is 1. The highest BCUT2D eigenvalue weighted by Crippen LogP contribution is 2.35. The van der Waals surface area contributed by atoms with Crippen LogP contribution in [0.1, 0.15) is 11.4 Å². The first kappa shape index (κ1) is 22.6. The molecule has 0 saturated carbocycles. The number of amides is 1. The van der Waals surface area contributed by atoms with E-state index in [4.69, 9.17) is 0 Å². The lowest BCUT2D eigenvalue weighted by atomic mass is 10.2. The van der Waals surface area contributed by atoms with Crippen LogP contribution in [-0.2, 0) is 17.5 Å². The van der Waals surface area contributed by atoms with E-state index in [9.17, 15) is 27.2 Å². The molecule has 4 aromatic rings. The van der Waals surface area contributed by atoms with Crippen LogP contribution in [0, 0.1) is 12.7 Å². The molecular weight excluding hydrogens is 510 g/mol. The third-order valence-electron chi connectivity index (χ3n) is 4.81. The first-order valence-electron chi connectivity index (χ1n) is 9.44. The van der Waals surface area contributed by atoms with Crippen LogP contribution >= 0.6 is 15.9 Å². The monoisotopic (exact) mass is 523 g/mol. The quantitative estimate of drug-likeness (QED) is 0.405. The summed E-state index contributed by atoms with van der Waals surface area (Å²) in [4.78, 5) is 30.2. The number of hydrogen-bond acceptors (Lipinski definition) is 4. The molecule has 0 fully saturated rings. The molecule has 170 valence electrons. The summed E-state index contributed by atoms with van der Waals surface area (Å²) in [7, 11) is 0. The third kappa shape index (κ3) is 4.38. The van der Waals surface area contributed by atoms with Gasteiger partial charge in [0.1, 0.15) is 12.4 Å². The predicted octanol–water partition coefficient (Wildman–Crippen LogP) is 4.26. The zero-order chi connectivity index (χ0) is 23.9. The Labute approximate surface area is 191 Å². The number of benzene rings is 2. The Kier molecular flexibility index (Phi) is 5.78. The molecule has 1 N–H and O–H groups in total. The van der Waals surface area contributed by atoms with E-state index >= 15 is 0 Å². The van der Waals surface area contributed by atoms with Crippen molar-refractivity contribution in [3.8, 4) is 11.4 Å². The van der Waals surface area contributed by atoms with Crippen LogP contribution in [0.5, 0.6) is 0 Å². The molecule has 0 spiro atoms. The SMILES string of the molecule is Cc1c(Br)c(C(F)(F)F)nn1CC(=O)Nn1c(-c2ccc(F)cc2)nc2ccccc2c1=O. The number of aromatic nitrogens is 4. The van der Waals surface area contributed by atoms with Crippen molar-refractivity contribution in [2.75, 3.05) is 5.43 Å². The molecule has 33 heavy (non-hydrogen) atoms. The summed E-state index contributed by atoms with van der Waals surface area (Å²) in [6.07, 6.45) is -4.71. The van der Waals surface area contributed by atoms with Gasteiger partial charge in [0.05, 0.1) is 21.1 Å². The number of nitrogens with one attached hydrogen (secondary N) is 1. The van der Waals surface area contributed by atoms with Crippen molar-refractivity contribution in [3.05, 3.63) is 80.6 Å². The Bertz CT molecular complexity index is 1430. The van der Waals surface area contributed by atoms with Crippen molar-refractivity contribution in [2.45, 2.75) is 19.6 Å². The molecule has 12 heteroatoms. The van der Waals surface area contributed by atoms with E-state index in [1.165, 1.54) is 37.3 Å². The van der Waals surface area contributed by atoms with E-state index in [1.54, 1.807) is 18.2 Å². The molecule has 0 aliphatic heterocycles. The average Bonchev–Trinajstić information content (AvgIpc) is 3.05. The summed E-state index contributed by atoms with van der Waals surface area (Å²) in [5.74, 6) is -1.29. The number of nitrogens with zero attached hydrogens (tertiary/aromatic N) is 4. The summed E-state index contributed by atoms with van der Waals surface area (Å²) in [5.41, 5.74) is 1.39. The van der Waals surface area contributed by atoms with Crippen molar-refractivity contribution >= 4 is 32.7 Å².